The maximum Gasteiger partial charge on any atom is 0.227 e. The molecule has 154 valence electrons. The summed E-state index contributed by atoms with van der Waals surface area (Å²) in [6.07, 6.45) is 2.50. The average molecular weight is 421 g/mol. The number of nitrogens with one attached hydrogen (secondary N) is 1. The van der Waals surface area contributed by atoms with Crippen LogP contribution in [0.15, 0.2) is 54.6 Å². The second kappa shape index (κ2) is 9.17. The number of carbonyl (C=O) groups is 2. The number of carbonyl (C=O) groups excluding carboxylic acids is 2. The van der Waals surface area contributed by atoms with Gasteiger partial charge in [0.1, 0.15) is 5.01 Å². The van der Waals surface area contributed by atoms with Crippen LogP contribution in [0.5, 0.6) is 0 Å². The van der Waals surface area contributed by atoms with E-state index in [9.17, 15) is 9.59 Å². The molecular weight excluding hydrogens is 396 g/mol. The number of rotatable bonds is 7. The Bertz CT molecular complexity index is 1030. The molecule has 2 amide bonds. The number of aryl methyl sites for hydroxylation is 2. The highest BCUT2D eigenvalue weighted by Gasteiger charge is 2.34. The van der Waals surface area contributed by atoms with Crippen molar-refractivity contribution < 1.29 is 9.59 Å². The Hall–Kier alpha value is -3.06. The van der Waals surface area contributed by atoms with Gasteiger partial charge in [0, 0.05) is 31.0 Å². The van der Waals surface area contributed by atoms with E-state index in [1.54, 1.807) is 4.90 Å². The summed E-state index contributed by atoms with van der Waals surface area (Å²) in [6, 6.07) is 18.1. The molecular formula is C23H24N4O2S. The molecule has 0 spiro atoms. The molecule has 6 nitrogen and oxygen atoms in total. The zero-order valence-corrected chi connectivity index (χ0v) is 17.7. The first-order chi connectivity index (χ1) is 14.6. The maximum atomic E-state index is 12.5. The van der Waals surface area contributed by atoms with Crippen LogP contribution in [0.4, 0.5) is 10.8 Å². The molecule has 2 aromatic carbocycles. The van der Waals surface area contributed by atoms with Gasteiger partial charge in [-0.25, -0.2) is 0 Å². The molecule has 3 aromatic rings. The molecule has 1 aromatic heterocycles. The number of hydrogen-bond donors (Lipinski definition) is 1. The third-order valence-corrected chi connectivity index (χ3v) is 6.19. The highest BCUT2D eigenvalue weighted by atomic mass is 32.1. The Labute approximate surface area is 180 Å². The van der Waals surface area contributed by atoms with Crippen molar-refractivity contribution >= 4 is 34.0 Å². The second-order valence-electron chi connectivity index (χ2n) is 7.58. The minimum atomic E-state index is -0.0579. The van der Waals surface area contributed by atoms with E-state index in [0.717, 1.165) is 29.1 Å². The first-order valence-corrected chi connectivity index (χ1v) is 10.9. The Kier molecular flexibility index (Phi) is 6.18. The van der Waals surface area contributed by atoms with Gasteiger partial charge in [0.05, 0.1) is 0 Å². The summed E-state index contributed by atoms with van der Waals surface area (Å²) in [6.45, 7) is 2.60. The molecule has 1 N–H and O–H groups in total. The molecule has 1 aliphatic heterocycles. The van der Waals surface area contributed by atoms with Crippen molar-refractivity contribution in [1.29, 1.82) is 0 Å². The third-order valence-electron chi connectivity index (χ3n) is 5.19. The van der Waals surface area contributed by atoms with E-state index >= 15 is 0 Å². The summed E-state index contributed by atoms with van der Waals surface area (Å²) in [4.78, 5) is 26.5. The maximum absolute atomic E-state index is 12.5. The lowest BCUT2D eigenvalue weighted by molar-refractivity contribution is -0.117. The van der Waals surface area contributed by atoms with Gasteiger partial charge in [-0.1, -0.05) is 53.8 Å². The van der Waals surface area contributed by atoms with Gasteiger partial charge in [-0.15, -0.1) is 10.2 Å². The van der Waals surface area contributed by atoms with Gasteiger partial charge in [0.2, 0.25) is 16.9 Å². The minimum absolute atomic E-state index is 0.000699. The van der Waals surface area contributed by atoms with E-state index in [0.29, 0.717) is 24.5 Å². The lowest BCUT2D eigenvalue weighted by Gasteiger charge is -2.16. The summed E-state index contributed by atoms with van der Waals surface area (Å²) in [5, 5.41) is 12.5. The molecule has 7 heteroatoms. The standard InChI is InChI=1S/C23H24N4O2S/c1-16-7-5-11-19(13-16)27-15-18(14-21(27)29)22-25-26-23(30-22)24-20(28)12-6-10-17-8-3-2-4-9-17/h2-5,7-9,11,13,18H,6,10,12,14-15H2,1H3,(H,24,26,28). The fourth-order valence-electron chi connectivity index (χ4n) is 3.65. The lowest BCUT2D eigenvalue weighted by atomic mass is 10.1. The number of hydrogen-bond acceptors (Lipinski definition) is 5. The van der Waals surface area contributed by atoms with Crippen LogP contribution in [-0.4, -0.2) is 28.6 Å². The van der Waals surface area contributed by atoms with Crippen LogP contribution < -0.4 is 10.2 Å². The SMILES string of the molecule is Cc1cccc(N2CC(c3nnc(NC(=O)CCCc4ccccc4)s3)CC2=O)c1. The van der Waals surface area contributed by atoms with E-state index in [1.165, 1.54) is 16.9 Å². The highest BCUT2D eigenvalue weighted by molar-refractivity contribution is 7.15. The third kappa shape index (κ3) is 4.91. The van der Waals surface area contributed by atoms with Crippen LogP contribution in [-0.2, 0) is 16.0 Å². The normalized spacial score (nSPS) is 16.1. The number of amides is 2. The molecule has 1 fully saturated rings. The van der Waals surface area contributed by atoms with Crippen molar-refractivity contribution in [1.82, 2.24) is 10.2 Å². The average Bonchev–Trinajstić information content (AvgIpc) is 3.35. The molecule has 1 aliphatic rings. The summed E-state index contributed by atoms with van der Waals surface area (Å²) in [5.41, 5.74) is 3.27. The summed E-state index contributed by atoms with van der Waals surface area (Å²) in [7, 11) is 0. The van der Waals surface area contributed by atoms with Gasteiger partial charge in [-0.3, -0.25) is 9.59 Å². The van der Waals surface area contributed by atoms with E-state index in [1.807, 2.05) is 49.4 Å². The fourth-order valence-corrected chi connectivity index (χ4v) is 4.50. The van der Waals surface area contributed by atoms with E-state index in [2.05, 4.69) is 27.6 Å². The summed E-state index contributed by atoms with van der Waals surface area (Å²) in [5.74, 6) is 0.0315. The van der Waals surface area contributed by atoms with Crippen molar-refractivity contribution in [2.45, 2.75) is 38.5 Å². The minimum Gasteiger partial charge on any atom is -0.312 e. The van der Waals surface area contributed by atoms with Gasteiger partial charge in [0.15, 0.2) is 0 Å². The van der Waals surface area contributed by atoms with E-state index < -0.39 is 0 Å². The number of aromatic nitrogens is 2. The largest absolute Gasteiger partial charge is 0.312 e. The van der Waals surface area contributed by atoms with Crippen molar-refractivity contribution in [3.05, 3.63) is 70.7 Å². The van der Waals surface area contributed by atoms with E-state index in [4.69, 9.17) is 0 Å². The Morgan fingerprint density at radius 3 is 2.80 bits per heavy atom. The molecule has 1 atom stereocenters. The molecule has 0 bridgehead atoms. The molecule has 0 radical (unpaired) electrons. The van der Waals surface area contributed by atoms with Crippen LogP contribution in [0, 0.1) is 6.92 Å². The first kappa shape index (κ1) is 20.2. The molecule has 0 saturated carbocycles. The first-order valence-electron chi connectivity index (χ1n) is 10.1. The van der Waals surface area contributed by atoms with Crippen LogP contribution >= 0.6 is 11.3 Å². The van der Waals surface area contributed by atoms with Crippen molar-refractivity contribution in [2.75, 3.05) is 16.8 Å². The Morgan fingerprint density at radius 1 is 1.17 bits per heavy atom. The molecule has 1 unspecified atom stereocenters. The zero-order valence-electron chi connectivity index (χ0n) is 16.9. The highest BCUT2D eigenvalue weighted by Crippen LogP contribution is 2.34. The Morgan fingerprint density at radius 2 is 2.00 bits per heavy atom. The topological polar surface area (TPSA) is 75.2 Å². The van der Waals surface area contributed by atoms with Crippen LogP contribution in [0.2, 0.25) is 0 Å². The van der Waals surface area contributed by atoms with Crippen LogP contribution in [0.25, 0.3) is 0 Å². The number of nitrogens with zero attached hydrogens (tertiary/aromatic N) is 3. The van der Waals surface area contributed by atoms with Gasteiger partial charge in [-0.2, -0.15) is 0 Å². The molecule has 4 rings (SSSR count). The molecule has 0 aliphatic carbocycles. The zero-order chi connectivity index (χ0) is 20.9. The molecule has 2 heterocycles. The van der Waals surface area contributed by atoms with Crippen LogP contribution in [0.3, 0.4) is 0 Å². The van der Waals surface area contributed by atoms with Gasteiger partial charge in [-0.05, 0) is 43.0 Å². The predicted molar refractivity (Wildman–Crippen MR) is 119 cm³/mol. The number of anilines is 2. The van der Waals surface area contributed by atoms with Crippen molar-refractivity contribution in [3.63, 3.8) is 0 Å². The van der Waals surface area contributed by atoms with Gasteiger partial charge < -0.3 is 10.2 Å². The van der Waals surface area contributed by atoms with Crippen molar-refractivity contribution in [2.24, 2.45) is 0 Å². The van der Waals surface area contributed by atoms with Gasteiger partial charge >= 0.3 is 0 Å². The smallest absolute Gasteiger partial charge is 0.227 e. The van der Waals surface area contributed by atoms with Crippen LogP contribution in [0.1, 0.15) is 41.3 Å². The second-order valence-corrected chi connectivity index (χ2v) is 8.59. The van der Waals surface area contributed by atoms with E-state index in [-0.39, 0.29) is 17.7 Å². The fraction of sp³-hybridized carbons (Fsp3) is 0.304. The predicted octanol–water partition coefficient (Wildman–Crippen LogP) is 4.33. The van der Waals surface area contributed by atoms with Crippen molar-refractivity contribution in [3.8, 4) is 0 Å². The summed E-state index contributed by atoms with van der Waals surface area (Å²) < 4.78 is 0. The number of benzene rings is 2. The summed E-state index contributed by atoms with van der Waals surface area (Å²) >= 11 is 1.36. The molecule has 1 saturated heterocycles. The lowest BCUT2D eigenvalue weighted by Crippen LogP contribution is -2.24. The Balaban J connectivity index is 1.30. The monoisotopic (exact) mass is 420 g/mol. The van der Waals surface area contributed by atoms with Gasteiger partial charge in [0.25, 0.3) is 0 Å². The quantitative estimate of drug-likeness (QED) is 0.617. The molecule has 30 heavy (non-hydrogen) atoms.